The third-order valence-corrected chi connectivity index (χ3v) is 4.76. The minimum absolute atomic E-state index is 0.0749. The highest BCUT2D eigenvalue weighted by Gasteiger charge is 2.52. The molecule has 1 aromatic heterocycles. The van der Waals surface area contributed by atoms with Crippen molar-refractivity contribution in [3.63, 3.8) is 0 Å². The summed E-state index contributed by atoms with van der Waals surface area (Å²) in [6.07, 6.45) is 2.09. The van der Waals surface area contributed by atoms with Crippen molar-refractivity contribution in [1.29, 1.82) is 0 Å². The SMILES string of the molecule is CCc1ccnc2c1C(=O)C1SC=C([N+](=O)[O-])C1C2=O. The lowest BCUT2D eigenvalue weighted by molar-refractivity contribution is -0.430. The van der Waals surface area contributed by atoms with Crippen LogP contribution in [0, 0.1) is 16.0 Å². The van der Waals surface area contributed by atoms with Crippen LogP contribution in [-0.4, -0.2) is 26.7 Å². The molecule has 2 aliphatic rings. The van der Waals surface area contributed by atoms with Gasteiger partial charge in [0.25, 0.3) is 5.70 Å². The summed E-state index contributed by atoms with van der Waals surface area (Å²) in [4.78, 5) is 39.4. The molecule has 0 aromatic carbocycles. The highest BCUT2D eigenvalue weighted by atomic mass is 32.2. The zero-order valence-electron chi connectivity index (χ0n) is 10.5. The summed E-state index contributed by atoms with van der Waals surface area (Å²) in [5.41, 5.74) is 0.979. The number of Topliss-reactive ketones (excluding diaryl/α,β-unsaturated/α-hetero) is 2. The predicted octanol–water partition coefficient (Wildman–Crippen LogP) is 1.87. The molecule has 0 bridgehead atoms. The molecular formula is C13H10N2O4S. The van der Waals surface area contributed by atoms with Gasteiger partial charge in [-0.15, -0.1) is 11.8 Å². The number of rotatable bonds is 2. The largest absolute Gasteiger partial charge is 0.293 e. The standard InChI is InChI=1S/C13H10N2O4S/c1-2-6-3-4-14-10-8(6)12(17)13-9(11(10)16)7(5-20-13)15(18)19/h3-5,9,13H,2H2,1H3. The van der Waals surface area contributed by atoms with E-state index in [1.807, 2.05) is 6.92 Å². The van der Waals surface area contributed by atoms with Crippen LogP contribution in [0.15, 0.2) is 23.4 Å². The number of fused-ring (bicyclic) bond motifs is 2. The molecule has 3 rings (SSSR count). The summed E-state index contributed by atoms with van der Waals surface area (Å²) < 4.78 is 0. The Kier molecular flexibility index (Phi) is 2.93. The first-order valence-corrected chi connectivity index (χ1v) is 7.06. The van der Waals surface area contributed by atoms with E-state index in [1.54, 1.807) is 6.07 Å². The molecule has 2 atom stereocenters. The van der Waals surface area contributed by atoms with E-state index < -0.39 is 21.9 Å². The molecule has 1 aliphatic carbocycles. The lowest BCUT2D eigenvalue weighted by atomic mass is 9.81. The Balaban J connectivity index is 2.17. The summed E-state index contributed by atoms with van der Waals surface area (Å²) in [5.74, 6) is -1.66. The lowest BCUT2D eigenvalue weighted by Gasteiger charge is -2.24. The van der Waals surface area contributed by atoms with E-state index in [2.05, 4.69) is 4.98 Å². The Hall–Kier alpha value is -2.02. The molecule has 7 heteroatoms. The maximum absolute atomic E-state index is 12.5. The third-order valence-electron chi connectivity index (χ3n) is 3.61. The molecule has 2 heterocycles. The van der Waals surface area contributed by atoms with E-state index in [1.165, 1.54) is 11.6 Å². The molecule has 6 nitrogen and oxygen atoms in total. The Labute approximate surface area is 118 Å². The number of hydrogen-bond donors (Lipinski definition) is 0. The van der Waals surface area contributed by atoms with E-state index in [0.717, 1.165) is 17.3 Å². The van der Waals surface area contributed by atoms with Crippen molar-refractivity contribution in [2.45, 2.75) is 18.6 Å². The Morgan fingerprint density at radius 2 is 2.15 bits per heavy atom. The van der Waals surface area contributed by atoms with Crippen molar-refractivity contribution in [1.82, 2.24) is 4.98 Å². The van der Waals surface area contributed by atoms with Gasteiger partial charge in [0.1, 0.15) is 11.6 Å². The minimum Gasteiger partial charge on any atom is -0.293 e. The number of hydrogen-bond acceptors (Lipinski definition) is 6. The smallest absolute Gasteiger partial charge is 0.264 e. The average Bonchev–Trinajstić information content (AvgIpc) is 2.89. The molecule has 20 heavy (non-hydrogen) atoms. The summed E-state index contributed by atoms with van der Waals surface area (Å²) in [5, 5.41) is 11.6. The quantitative estimate of drug-likeness (QED) is 0.610. The first-order valence-electron chi connectivity index (χ1n) is 6.12. The predicted molar refractivity (Wildman–Crippen MR) is 72.2 cm³/mol. The van der Waals surface area contributed by atoms with E-state index in [-0.39, 0.29) is 17.2 Å². The number of ketones is 2. The fourth-order valence-corrected chi connectivity index (χ4v) is 3.82. The van der Waals surface area contributed by atoms with Gasteiger partial charge in [0.2, 0.25) is 0 Å². The molecule has 0 radical (unpaired) electrons. The van der Waals surface area contributed by atoms with Gasteiger partial charge in [0.05, 0.1) is 15.7 Å². The number of thioether (sulfide) groups is 1. The fourth-order valence-electron chi connectivity index (χ4n) is 2.64. The second-order valence-corrected chi connectivity index (χ2v) is 5.63. The maximum Gasteiger partial charge on any atom is 0.264 e. The number of pyridine rings is 1. The van der Waals surface area contributed by atoms with Crippen LogP contribution >= 0.6 is 11.8 Å². The van der Waals surface area contributed by atoms with E-state index >= 15 is 0 Å². The first-order chi connectivity index (χ1) is 9.56. The van der Waals surface area contributed by atoms with Gasteiger partial charge in [-0.05, 0) is 18.1 Å². The normalized spacial score (nSPS) is 24.1. The second-order valence-electron chi connectivity index (χ2n) is 4.61. The van der Waals surface area contributed by atoms with Crippen molar-refractivity contribution in [3.8, 4) is 0 Å². The molecule has 1 aromatic rings. The summed E-state index contributed by atoms with van der Waals surface area (Å²) in [7, 11) is 0. The third kappa shape index (κ3) is 1.62. The van der Waals surface area contributed by atoms with Crippen molar-refractivity contribution >= 4 is 23.3 Å². The molecule has 0 N–H and O–H groups in total. The number of nitro groups is 1. The van der Waals surface area contributed by atoms with E-state index in [9.17, 15) is 19.7 Å². The first kappa shape index (κ1) is 13.0. The second kappa shape index (κ2) is 4.52. The monoisotopic (exact) mass is 290 g/mol. The molecule has 0 amide bonds. The molecule has 0 saturated carbocycles. The van der Waals surface area contributed by atoms with Gasteiger partial charge in [-0.1, -0.05) is 6.92 Å². The number of carbonyl (C=O) groups excluding carboxylic acids is 2. The zero-order valence-corrected chi connectivity index (χ0v) is 11.3. The molecule has 102 valence electrons. The van der Waals surface area contributed by atoms with Gasteiger partial charge in [-0.25, -0.2) is 0 Å². The van der Waals surface area contributed by atoms with Crippen LogP contribution < -0.4 is 0 Å². The lowest BCUT2D eigenvalue weighted by Crippen LogP contribution is -2.40. The zero-order chi connectivity index (χ0) is 14.4. The van der Waals surface area contributed by atoms with Crippen molar-refractivity contribution in [2.24, 2.45) is 5.92 Å². The van der Waals surface area contributed by atoms with Gasteiger partial charge < -0.3 is 0 Å². The Morgan fingerprint density at radius 1 is 1.40 bits per heavy atom. The van der Waals surface area contributed by atoms with Gasteiger partial charge in [0, 0.05) is 11.6 Å². The van der Waals surface area contributed by atoms with E-state index in [0.29, 0.717) is 12.0 Å². The van der Waals surface area contributed by atoms with Gasteiger partial charge in [-0.3, -0.25) is 24.7 Å². The van der Waals surface area contributed by atoms with Crippen molar-refractivity contribution in [2.75, 3.05) is 0 Å². The molecule has 0 spiro atoms. The Morgan fingerprint density at radius 3 is 2.80 bits per heavy atom. The van der Waals surface area contributed by atoms with Crippen LogP contribution in [0.5, 0.6) is 0 Å². The number of nitrogens with zero attached hydrogens (tertiary/aromatic N) is 2. The van der Waals surface area contributed by atoms with Crippen LogP contribution in [-0.2, 0) is 6.42 Å². The summed E-state index contributed by atoms with van der Waals surface area (Å²) in [6, 6.07) is 1.71. The maximum atomic E-state index is 12.5. The molecule has 1 aliphatic heterocycles. The van der Waals surface area contributed by atoms with Crippen LogP contribution in [0.1, 0.15) is 33.3 Å². The molecule has 2 unspecified atom stereocenters. The van der Waals surface area contributed by atoms with Crippen molar-refractivity contribution < 1.29 is 14.5 Å². The molecular weight excluding hydrogens is 280 g/mol. The summed E-state index contributed by atoms with van der Waals surface area (Å²) >= 11 is 1.06. The molecule has 0 fully saturated rings. The number of allylic oxidation sites excluding steroid dienone is 1. The Bertz CT molecular complexity index is 683. The van der Waals surface area contributed by atoms with Crippen molar-refractivity contribution in [3.05, 3.63) is 50.3 Å². The number of aryl methyl sites for hydroxylation is 1. The number of aromatic nitrogens is 1. The van der Waals surface area contributed by atoms with Gasteiger partial charge in [-0.2, -0.15) is 0 Å². The highest BCUT2D eigenvalue weighted by Crippen LogP contribution is 2.43. The van der Waals surface area contributed by atoms with Crippen LogP contribution in [0.3, 0.4) is 0 Å². The minimum atomic E-state index is -1.00. The van der Waals surface area contributed by atoms with Gasteiger partial charge >= 0.3 is 0 Å². The van der Waals surface area contributed by atoms with Crippen LogP contribution in [0.25, 0.3) is 0 Å². The highest BCUT2D eigenvalue weighted by molar-refractivity contribution is 8.03. The average molecular weight is 290 g/mol. The van der Waals surface area contributed by atoms with Gasteiger partial charge in [0.15, 0.2) is 11.6 Å². The molecule has 0 saturated heterocycles. The van der Waals surface area contributed by atoms with E-state index in [4.69, 9.17) is 0 Å². The number of carbonyl (C=O) groups is 2. The summed E-state index contributed by atoms with van der Waals surface area (Å²) in [6.45, 7) is 1.89. The fraction of sp³-hybridized carbons (Fsp3) is 0.308. The topological polar surface area (TPSA) is 90.2 Å². The van der Waals surface area contributed by atoms with Crippen LogP contribution in [0.4, 0.5) is 0 Å². The van der Waals surface area contributed by atoms with Crippen LogP contribution in [0.2, 0.25) is 0 Å².